The number of aromatic nitrogens is 4. The lowest BCUT2D eigenvalue weighted by molar-refractivity contribution is 1.01. The van der Waals surface area contributed by atoms with Crippen LogP contribution in [0.5, 0.6) is 0 Å². The van der Waals surface area contributed by atoms with Crippen LogP contribution in [0.4, 0.5) is 0 Å². The van der Waals surface area contributed by atoms with E-state index >= 15 is 0 Å². The van der Waals surface area contributed by atoms with Crippen molar-refractivity contribution >= 4 is 76.1 Å². The van der Waals surface area contributed by atoms with Crippen molar-refractivity contribution in [2.75, 3.05) is 0 Å². The van der Waals surface area contributed by atoms with Crippen molar-refractivity contribution < 1.29 is 0 Å². The highest BCUT2D eigenvalue weighted by atomic mass is 15.2. The van der Waals surface area contributed by atoms with Gasteiger partial charge in [-0.1, -0.05) is 146 Å². The molecule has 4 nitrogen and oxygen atoms in total. The summed E-state index contributed by atoms with van der Waals surface area (Å²) in [5.74, 6) is 0.654. The van der Waals surface area contributed by atoms with Gasteiger partial charge in [-0.2, -0.15) is 0 Å². The average molecular weight is 687 g/mol. The van der Waals surface area contributed by atoms with Crippen LogP contribution in [0.2, 0.25) is 0 Å². The van der Waals surface area contributed by atoms with E-state index in [4.69, 9.17) is 9.97 Å². The maximum Gasteiger partial charge on any atom is 0.235 e. The lowest BCUT2D eigenvalue weighted by Crippen LogP contribution is -2.04. The minimum atomic E-state index is 0.654. The van der Waals surface area contributed by atoms with Gasteiger partial charge in [0.25, 0.3) is 0 Å². The first kappa shape index (κ1) is 29.3. The second kappa shape index (κ2) is 11.1. The van der Waals surface area contributed by atoms with Gasteiger partial charge in [0.2, 0.25) is 5.95 Å². The Hall–Kier alpha value is -7.30. The second-order valence-corrected chi connectivity index (χ2v) is 14.1. The van der Waals surface area contributed by atoms with Crippen molar-refractivity contribution in [2.24, 2.45) is 0 Å². The standard InChI is InChI=1S/C50H30N4/c1-4-16-31(17-5-1)39-30-43-46-44-36(25-14-28-41(44)53(43)33-20-8-3-9-21-33)34-22-10-11-23-35(34)37-26-15-29-42-45(37)47(46)49(39)54(42)50-51-40-27-13-12-24-38(40)48(52-50)32-18-6-2-7-19-32/h1-30H. The van der Waals surface area contributed by atoms with Gasteiger partial charge in [-0.25, -0.2) is 9.97 Å². The Labute approximate surface area is 310 Å². The molecule has 0 atom stereocenters. The molecule has 0 saturated heterocycles. The molecule has 12 aromatic rings. The Bertz CT molecular complexity index is 3410. The zero-order valence-electron chi connectivity index (χ0n) is 29.1. The molecule has 0 aliphatic rings. The summed E-state index contributed by atoms with van der Waals surface area (Å²) in [7, 11) is 0. The third kappa shape index (κ3) is 3.97. The fourth-order valence-electron chi connectivity index (χ4n) is 9.07. The fourth-order valence-corrected chi connectivity index (χ4v) is 9.07. The molecule has 54 heavy (non-hydrogen) atoms. The fraction of sp³-hybridized carbons (Fsp3) is 0. The molecule has 3 aromatic heterocycles. The zero-order valence-corrected chi connectivity index (χ0v) is 29.1. The van der Waals surface area contributed by atoms with Crippen LogP contribution in [-0.4, -0.2) is 19.1 Å². The molecule has 0 amide bonds. The van der Waals surface area contributed by atoms with Crippen LogP contribution in [0.15, 0.2) is 182 Å². The molecule has 0 unspecified atom stereocenters. The summed E-state index contributed by atoms with van der Waals surface area (Å²) in [6.45, 7) is 0. The summed E-state index contributed by atoms with van der Waals surface area (Å²) in [6.07, 6.45) is 0. The Morgan fingerprint density at radius 3 is 1.57 bits per heavy atom. The highest BCUT2D eigenvalue weighted by Gasteiger charge is 2.28. The van der Waals surface area contributed by atoms with E-state index in [1.165, 1.54) is 54.1 Å². The number of para-hydroxylation sites is 2. The lowest BCUT2D eigenvalue weighted by atomic mass is 9.92. The van der Waals surface area contributed by atoms with Crippen LogP contribution in [0, 0.1) is 0 Å². The van der Waals surface area contributed by atoms with E-state index in [-0.39, 0.29) is 0 Å². The smallest absolute Gasteiger partial charge is 0.235 e. The van der Waals surface area contributed by atoms with Gasteiger partial charge in [0.15, 0.2) is 0 Å². The van der Waals surface area contributed by atoms with Gasteiger partial charge in [0, 0.05) is 43.7 Å². The van der Waals surface area contributed by atoms with E-state index in [1.807, 2.05) is 0 Å². The van der Waals surface area contributed by atoms with Gasteiger partial charge in [-0.15, -0.1) is 0 Å². The van der Waals surface area contributed by atoms with Crippen LogP contribution in [-0.2, 0) is 0 Å². The molecule has 0 spiro atoms. The van der Waals surface area contributed by atoms with Crippen molar-refractivity contribution in [3.8, 4) is 34.0 Å². The molecular formula is C50H30N4. The monoisotopic (exact) mass is 686 g/mol. The second-order valence-electron chi connectivity index (χ2n) is 14.1. The first-order chi connectivity index (χ1) is 26.8. The van der Waals surface area contributed by atoms with Crippen LogP contribution < -0.4 is 0 Å². The highest BCUT2D eigenvalue weighted by molar-refractivity contribution is 6.40. The molecule has 0 saturated carbocycles. The largest absolute Gasteiger partial charge is 0.309 e. The topological polar surface area (TPSA) is 35.6 Å². The maximum atomic E-state index is 5.50. The van der Waals surface area contributed by atoms with Crippen molar-refractivity contribution in [3.63, 3.8) is 0 Å². The van der Waals surface area contributed by atoms with Gasteiger partial charge in [-0.05, 0) is 63.5 Å². The summed E-state index contributed by atoms with van der Waals surface area (Å²) < 4.78 is 4.80. The molecule has 0 N–H and O–H groups in total. The molecule has 4 heteroatoms. The molecule has 0 bridgehead atoms. The van der Waals surface area contributed by atoms with Crippen molar-refractivity contribution in [1.29, 1.82) is 0 Å². The van der Waals surface area contributed by atoms with Gasteiger partial charge < -0.3 is 4.57 Å². The number of nitrogens with zero attached hydrogens (tertiary/aromatic N) is 4. The quantitative estimate of drug-likeness (QED) is 0.185. The van der Waals surface area contributed by atoms with Crippen molar-refractivity contribution in [1.82, 2.24) is 19.1 Å². The summed E-state index contributed by atoms with van der Waals surface area (Å²) in [5.41, 5.74) is 10.8. The highest BCUT2D eigenvalue weighted by Crippen LogP contribution is 2.50. The molecule has 0 radical (unpaired) electrons. The summed E-state index contributed by atoms with van der Waals surface area (Å²) in [5, 5.41) is 10.9. The normalized spacial score (nSPS) is 12.1. The number of benzene rings is 8. The third-order valence-corrected chi connectivity index (χ3v) is 11.3. The molecular weight excluding hydrogens is 657 g/mol. The van der Waals surface area contributed by atoms with Crippen LogP contribution in [0.1, 0.15) is 0 Å². The summed E-state index contributed by atoms with van der Waals surface area (Å²) in [6, 6.07) is 65.3. The average Bonchev–Trinajstić information content (AvgIpc) is 3.77. The van der Waals surface area contributed by atoms with Crippen LogP contribution in [0.25, 0.3) is 110 Å². The first-order valence-corrected chi connectivity index (χ1v) is 18.4. The summed E-state index contributed by atoms with van der Waals surface area (Å²) in [4.78, 5) is 10.9. The van der Waals surface area contributed by atoms with Crippen LogP contribution >= 0.6 is 0 Å². The van der Waals surface area contributed by atoms with Crippen molar-refractivity contribution in [2.45, 2.75) is 0 Å². The molecule has 0 aliphatic carbocycles. The zero-order chi connectivity index (χ0) is 35.3. The molecule has 12 rings (SSSR count). The number of rotatable bonds is 4. The van der Waals surface area contributed by atoms with E-state index in [0.717, 1.165) is 50.0 Å². The molecule has 250 valence electrons. The van der Waals surface area contributed by atoms with Gasteiger partial charge >= 0.3 is 0 Å². The van der Waals surface area contributed by atoms with E-state index in [0.29, 0.717) is 5.95 Å². The maximum absolute atomic E-state index is 5.50. The molecule has 0 fully saturated rings. The Morgan fingerprint density at radius 2 is 0.889 bits per heavy atom. The Morgan fingerprint density at radius 1 is 0.352 bits per heavy atom. The number of hydrogen-bond donors (Lipinski definition) is 0. The van der Waals surface area contributed by atoms with E-state index in [2.05, 4.69) is 191 Å². The molecule has 9 aromatic carbocycles. The predicted molar refractivity (Wildman–Crippen MR) is 225 cm³/mol. The van der Waals surface area contributed by atoms with Gasteiger partial charge in [0.1, 0.15) is 0 Å². The van der Waals surface area contributed by atoms with Crippen LogP contribution in [0.3, 0.4) is 0 Å². The SMILES string of the molecule is c1ccc(-c2nc(-n3c4cccc5c6ccccc6c6cccc7c6c6c(c54)c3c(-c3ccccc3)cc6n7-c3ccccc3)nc3ccccc23)cc1. The summed E-state index contributed by atoms with van der Waals surface area (Å²) >= 11 is 0. The van der Waals surface area contributed by atoms with Gasteiger partial charge in [0.05, 0.1) is 33.3 Å². The minimum absolute atomic E-state index is 0.654. The van der Waals surface area contributed by atoms with Crippen molar-refractivity contribution in [3.05, 3.63) is 182 Å². The number of hydrogen-bond acceptors (Lipinski definition) is 2. The van der Waals surface area contributed by atoms with E-state index in [9.17, 15) is 0 Å². The Kier molecular flexibility index (Phi) is 6.02. The van der Waals surface area contributed by atoms with Gasteiger partial charge in [-0.3, -0.25) is 4.57 Å². The van der Waals surface area contributed by atoms with E-state index < -0.39 is 0 Å². The molecule has 3 heterocycles. The van der Waals surface area contributed by atoms with E-state index in [1.54, 1.807) is 0 Å². The molecule has 0 aliphatic heterocycles. The predicted octanol–water partition coefficient (Wildman–Crippen LogP) is 12.9. The number of fused-ring (bicyclic) bond motifs is 4. The lowest BCUT2D eigenvalue weighted by Gasteiger charge is -2.15. The Balaban J connectivity index is 1.40. The third-order valence-electron chi connectivity index (χ3n) is 11.3. The minimum Gasteiger partial charge on any atom is -0.309 e. The first-order valence-electron chi connectivity index (χ1n) is 18.4.